The van der Waals surface area contributed by atoms with Crippen LogP contribution >= 0.6 is 12.6 Å². The van der Waals surface area contributed by atoms with Gasteiger partial charge in [-0.15, -0.1) is 0 Å². The van der Waals surface area contributed by atoms with E-state index in [2.05, 4.69) is 12.6 Å². The maximum Gasteiger partial charge on any atom is 0.122 e. The van der Waals surface area contributed by atoms with E-state index in [0.717, 1.165) is 41.5 Å². The van der Waals surface area contributed by atoms with Gasteiger partial charge in [-0.25, -0.2) is 0 Å². The van der Waals surface area contributed by atoms with Crippen LogP contribution in [0.5, 0.6) is 0 Å². The van der Waals surface area contributed by atoms with E-state index in [9.17, 15) is 10.2 Å². The summed E-state index contributed by atoms with van der Waals surface area (Å²) in [6, 6.07) is 15.7. The van der Waals surface area contributed by atoms with Gasteiger partial charge in [0.2, 0.25) is 0 Å². The molecule has 0 aromatic heterocycles. The van der Waals surface area contributed by atoms with Crippen LogP contribution in [0.25, 0.3) is 0 Å². The lowest BCUT2D eigenvalue weighted by Gasteiger charge is -2.39. The van der Waals surface area contributed by atoms with Crippen LogP contribution in [0.15, 0.2) is 48.5 Å². The predicted octanol–water partition coefficient (Wildman–Crippen LogP) is 4.32. The molecule has 128 valence electrons. The minimum Gasteiger partial charge on any atom is -0.385 e. The van der Waals surface area contributed by atoms with Gasteiger partial charge in [0, 0.05) is 5.25 Å². The van der Waals surface area contributed by atoms with Crippen molar-refractivity contribution in [1.82, 2.24) is 0 Å². The summed E-state index contributed by atoms with van der Waals surface area (Å²) in [4.78, 5) is 0. The molecule has 0 bridgehead atoms. The highest BCUT2D eigenvalue weighted by Crippen LogP contribution is 2.49. The summed E-state index contributed by atoms with van der Waals surface area (Å²) >= 11 is 4.60. The van der Waals surface area contributed by atoms with Crippen molar-refractivity contribution in [2.75, 3.05) is 0 Å². The first kappa shape index (κ1) is 17.5. The maximum absolute atomic E-state index is 11.8. The molecule has 24 heavy (non-hydrogen) atoms. The third-order valence-electron chi connectivity index (χ3n) is 5.28. The number of aliphatic hydroxyl groups excluding tert-OH is 1. The van der Waals surface area contributed by atoms with Crippen LogP contribution in [0.4, 0.5) is 0 Å². The third kappa shape index (κ3) is 3.26. The van der Waals surface area contributed by atoms with E-state index >= 15 is 0 Å². The average molecular weight is 343 g/mol. The Morgan fingerprint density at radius 1 is 1.04 bits per heavy atom. The Labute approximate surface area is 150 Å². The molecule has 2 nitrogen and oxygen atoms in total. The summed E-state index contributed by atoms with van der Waals surface area (Å²) in [7, 11) is 0. The molecule has 4 unspecified atom stereocenters. The summed E-state index contributed by atoms with van der Waals surface area (Å²) < 4.78 is 0. The number of rotatable bonds is 4. The third-order valence-corrected chi connectivity index (χ3v) is 5.75. The monoisotopic (exact) mass is 342 g/mol. The lowest BCUT2D eigenvalue weighted by molar-refractivity contribution is -0.122. The van der Waals surface area contributed by atoms with E-state index in [0.29, 0.717) is 0 Å². The molecule has 0 saturated heterocycles. The van der Waals surface area contributed by atoms with Crippen molar-refractivity contribution in [2.24, 2.45) is 5.92 Å². The lowest BCUT2D eigenvalue weighted by atomic mass is 9.73. The minimum atomic E-state index is -1.29. The van der Waals surface area contributed by atoms with Gasteiger partial charge in [-0.2, -0.15) is 12.6 Å². The molecule has 2 N–H and O–H groups in total. The van der Waals surface area contributed by atoms with Crippen LogP contribution in [-0.2, 0) is 5.60 Å². The number of hydrogen-bond acceptors (Lipinski definition) is 3. The average Bonchev–Trinajstić information content (AvgIpc) is 3.00. The molecular formula is C21H26O2S. The van der Waals surface area contributed by atoms with Gasteiger partial charge in [-0.3, -0.25) is 0 Å². The van der Waals surface area contributed by atoms with Crippen LogP contribution in [-0.4, -0.2) is 15.5 Å². The van der Waals surface area contributed by atoms with Gasteiger partial charge in [0.1, 0.15) is 11.7 Å². The van der Waals surface area contributed by atoms with E-state index < -0.39 is 11.7 Å². The van der Waals surface area contributed by atoms with E-state index in [1.54, 1.807) is 0 Å². The highest BCUT2D eigenvalue weighted by atomic mass is 32.1. The SMILES string of the molecule is Cc1cccc(C(O)C(O)(c2cccc(C)c2)C2CCC(S)C2)c1. The maximum atomic E-state index is 11.8. The molecule has 4 atom stereocenters. The standard InChI is InChI=1S/C21H26O2S/c1-14-5-3-7-16(11-14)20(22)21(23,18-9-10-19(24)13-18)17-8-4-6-15(2)12-17/h3-8,11-12,18-20,22-24H,9-10,13H2,1-2H3. The molecule has 1 fully saturated rings. The largest absolute Gasteiger partial charge is 0.385 e. The molecule has 2 aromatic rings. The molecule has 0 heterocycles. The summed E-state index contributed by atoms with van der Waals surface area (Å²) in [5, 5.41) is 23.2. The van der Waals surface area contributed by atoms with Crippen molar-refractivity contribution in [3.8, 4) is 0 Å². The summed E-state index contributed by atoms with van der Waals surface area (Å²) in [6.45, 7) is 4.01. The fourth-order valence-corrected chi connectivity index (χ4v) is 4.37. The van der Waals surface area contributed by atoms with Crippen LogP contribution in [0.2, 0.25) is 0 Å². The van der Waals surface area contributed by atoms with Crippen molar-refractivity contribution in [1.29, 1.82) is 0 Å². The van der Waals surface area contributed by atoms with Crippen molar-refractivity contribution in [2.45, 2.75) is 50.1 Å². The molecule has 1 aliphatic rings. The molecule has 0 radical (unpaired) electrons. The Morgan fingerprint density at radius 3 is 2.29 bits per heavy atom. The Kier molecular flexibility index (Phi) is 5.05. The highest BCUT2D eigenvalue weighted by molar-refractivity contribution is 7.80. The topological polar surface area (TPSA) is 40.5 Å². The molecule has 0 amide bonds. The van der Waals surface area contributed by atoms with Crippen molar-refractivity contribution >= 4 is 12.6 Å². The normalized spacial score (nSPS) is 24.5. The Bertz CT molecular complexity index is 714. The zero-order valence-corrected chi connectivity index (χ0v) is 15.2. The number of aliphatic hydroxyl groups is 2. The van der Waals surface area contributed by atoms with Gasteiger partial charge in [0.15, 0.2) is 0 Å². The van der Waals surface area contributed by atoms with Crippen molar-refractivity contribution in [3.63, 3.8) is 0 Å². The Morgan fingerprint density at radius 2 is 1.71 bits per heavy atom. The number of aryl methyl sites for hydroxylation is 2. The fourth-order valence-electron chi connectivity index (χ4n) is 3.96. The molecule has 3 heteroatoms. The molecular weight excluding hydrogens is 316 g/mol. The fraction of sp³-hybridized carbons (Fsp3) is 0.429. The van der Waals surface area contributed by atoms with Crippen molar-refractivity contribution in [3.05, 3.63) is 70.8 Å². The van der Waals surface area contributed by atoms with Gasteiger partial charge >= 0.3 is 0 Å². The van der Waals surface area contributed by atoms with Crippen LogP contribution in [0, 0.1) is 19.8 Å². The number of hydrogen-bond donors (Lipinski definition) is 3. The molecule has 2 aromatic carbocycles. The Balaban J connectivity index is 2.07. The molecule has 0 aliphatic heterocycles. The molecule has 0 spiro atoms. The quantitative estimate of drug-likeness (QED) is 0.724. The summed E-state index contributed by atoms with van der Waals surface area (Å²) in [6.07, 6.45) is 1.71. The summed E-state index contributed by atoms with van der Waals surface area (Å²) in [5.74, 6) is -0.00249. The predicted molar refractivity (Wildman–Crippen MR) is 101 cm³/mol. The van der Waals surface area contributed by atoms with Gasteiger partial charge in [-0.1, -0.05) is 59.7 Å². The number of thiol groups is 1. The Hall–Kier alpha value is -1.29. The number of benzene rings is 2. The van der Waals surface area contributed by atoms with E-state index in [1.807, 2.05) is 62.4 Å². The molecule has 1 aliphatic carbocycles. The van der Waals surface area contributed by atoms with Gasteiger partial charge in [0.05, 0.1) is 0 Å². The van der Waals surface area contributed by atoms with E-state index in [1.165, 1.54) is 0 Å². The second-order valence-corrected chi connectivity index (χ2v) is 7.91. The van der Waals surface area contributed by atoms with Crippen molar-refractivity contribution < 1.29 is 10.2 Å². The van der Waals surface area contributed by atoms with Crippen LogP contribution in [0.1, 0.15) is 47.6 Å². The zero-order valence-electron chi connectivity index (χ0n) is 14.3. The first-order valence-electron chi connectivity index (χ1n) is 8.63. The van der Waals surface area contributed by atoms with Gasteiger partial charge in [0.25, 0.3) is 0 Å². The van der Waals surface area contributed by atoms with E-state index in [4.69, 9.17) is 0 Å². The van der Waals surface area contributed by atoms with Gasteiger partial charge < -0.3 is 10.2 Å². The highest BCUT2D eigenvalue weighted by Gasteiger charge is 2.47. The first-order chi connectivity index (χ1) is 11.4. The zero-order chi connectivity index (χ0) is 17.3. The first-order valence-corrected chi connectivity index (χ1v) is 9.15. The second-order valence-electron chi connectivity index (χ2n) is 7.18. The lowest BCUT2D eigenvalue weighted by Crippen LogP contribution is -2.40. The second kappa shape index (κ2) is 6.91. The summed E-state index contributed by atoms with van der Waals surface area (Å²) in [5.41, 5.74) is 2.43. The molecule has 3 rings (SSSR count). The minimum absolute atomic E-state index is 0.00249. The molecule has 1 saturated carbocycles. The van der Waals surface area contributed by atoms with Gasteiger partial charge in [-0.05, 0) is 50.2 Å². The van der Waals surface area contributed by atoms with Crippen LogP contribution < -0.4 is 0 Å². The smallest absolute Gasteiger partial charge is 0.122 e. The van der Waals surface area contributed by atoms with E-state index in [-0.39, 0.29) is 11.2 Å². The van der Waals surface area contributed by atoms with Crippen LogP contribution in [0.3, 0.4) is 0 Å².